The number of H-pyrrole nitrogens is 1. The van der Waals surface area contributed by atoms with Crippen molar-refractivity contribution in [1.82, 2.24) is 8.94 Å². The molecular weight excluding hydrogens is 341 g/mol. The molecule has 1 N–H and O–H groups in total. The summed E-state index contributed by atoms with van der Waals surface area (Å²) < 4.78 is 4.29. The van der Waals surface area contributed by atoms with Crippen molar-refractivity contribution in [2.75, 3.05) is 0 Å². The number of nitrogens with one attached hydrogen (secondary N) is 1. The quantitative estimate of drug-likeness (QED) is 0.765. The van der Waals surface area contributed by atoms with Gasteiger partial charge in [0, 0.05) is 0 Å². The molecule has 0 radical (unpaired) electrons. The lowest BCUT2D eigenvalue weighted by Gasteiger charge is -2.01. The largest absolute Gasteiger partial charge is 0.337 e. The maximum absolute atomic E-state index is 12.0. The first-order chi connectivity index (χ1) is 10.6. The monoisotopic (exact) mass is 351 g/mol. The Balaban J connectivity index is 2.03. The van der Waals surface area contributed by atoms with Crippen LogP contribution in [-0.2, 0) is 6.54 Å². The number of aromatic amines is 1. The summed E-state index contributed by atoms with van der Waals surface area (Å²) in [6.45, 7) is 0.458. The van der Waals surface area contributed by atoms with Gasteiger partial charge in [-0.2, -0.15) is 0 Å². The Kier molecular flexibility index (Phi) is 4.47. The second kappa shape index (κ2) is 6.52. The van der Waals surface area contributed by atoms with Crippen LogP contribution in [0.2, 0.25) is 10.0 Å². The van der Waals surface area contributed by atoms with Gasteiger partial charge in [0.05, 0.1) is 22.3 Å². The number of halogens is 2. The number of hydrogen-bond acceptors (Lipinski definition) is 3. The van der Waals surface area contributed by atoms with Gasteiger partial charge in [0.25, 0.3) is 0 Å². The maximum Gasteiger partial charge on any atom is 0.337 e. The van der Waals surface area contributed by atoms with Gasteiger partial charge in [0.15, 0.2) is 0 Å². The molecule has 0 aliphatic heterocycles. The summed E-state index contributed by atoms with van der Waals surface area (Å²) in [6, 6.07) is 14.8. The lowest BCUT2D eigenvalue weighted by Crippen LogP contribution is -2.26. The van der Waals surface area contributed by atoms with E-state index in [1.807, 2.05) is 30.3 Å². The van der Waals surface area contributed by atoms with Gasteiger partial charge in [-0.15, -0.1) is 0 Å². The van der Waals surface area contributed by atoms with E-state index in [1.54, 1.807) is 22.8 Å². The van der Waals surface area contributed by atoms with Crippen LogP contribution in [-0.4, -0.2) is 8.94 Å². The first kappa shape index (κ1) is 15.1. The highest BCUT2D eigenvalue weighted by Gasteiger charge is 2.04. The zero-order chi connectivity index (χ0) is 15.5. The predicted molar refractivity (Wildman–Crippen MR) is 90.2 cm³/mol. The van der Waals surface area contributed by atoms with E-state index in [4.69, 9.17) is 23.2 Å². The highest BCUT2D eigenvalue weighted by atomic mass is 35.5. The van der Waals surface area contributed by atoms with Crippen LogP contribution >= 0.6 is 34.7 Å². The van der Waals surface area contributed by atoms with Crippen LogP contribution in [0.25, 0.3) is 0 Å². The Morgan fingerprint density at radius 1 is 1.09 bits per heavy atom. The van der Waals surface area contributed by atoms with Gasteiger partial charge < -0.3 is 0 Å². The van der Waals surface area contributed by atoms with Crippen molar-refractivity contribution in [2.45, 2.75) is 6.54 Å². The molecule has 0 atom stereocenters. The first-order valence-electron chi connectivity index (χ1n) is 6.45. The third kappa shape index (κ3) is 3.32. The van der Waals surface area contributed by atoms with Gasteiger partial charge in [-0.05, 0) is 35.3 Å². The Labute approximate surface area is 140 Å². The van der Waals surface area contributed by atoms with Gasteiger partial charge >= 0.3 is 5.69 Å². The molecule has 112 valence electrons. The summed E-state index contributed by atoms with van der Waals surface area (Å²) in [5.74, 6) is 0. The van der Waals surface area contributed by atoms with Crippen molar-refractivity contribution in [3.8, 4) is 0 Å². The molecule has 0 saturated carbocycles. The van der Waals surface area contributed by atoms with Gasteiger partial charge in [0.1, 0.15) is 0 Å². The fraction of sp³-hybridized carbons (Fsp3) is 0.0667. The molecule has 3 rings (SSSR count). The molecule has 0 unspecified atom stereocenters. The van der Waals surface area contributed by atoms with Gasteiger partial charge in [0.2, 0.25) is 4.80 Å². The standard InChI is InChI=1S/C15H11Cl2N3OS/c16-12-7-6-11(8-13(12)17)18-15-20(14(21)19-22-15)9-10-4-2-1-3-5-10/h1-8H,9H2,(H,19,21)/b18-15-. The molecule has 0 saturated heterocycles. The fourth-order valence-corrected chi connectivity index (χ4v) is 2.93. The highest BCUT2D eigenvalue weighted by Crippen LogP contribution is 2.26. The minimum Gasteiger partial charge on any atom is -0.263 e. The molecule has 0 spiro atoms. The van der Waals surface area contributed by atoms with Gasteiger partial charge in [-0.25, -0.2) is 9.79 Å². The summed E-state index contributed by atoms with van der Waals surface area (Å²) in [4.78, 5) is 17.0. The number of aromatic nitrogens is 2. The minimum atomic E-state index is -0.187. The topological polar surface area (TPSA) is 50.1 Å². The Hall–Kier alpha value is -1.82. The Morgan fingerprint density at radius 3 is 2.59 bits per heavy atom. The fourth-order valence-electron chi connectivity index (χ4n) is 1.94. The molecule has 22 heavy (non-hydrogen) atoms. The van der Waals surface area contributed by atoms with Crippen LogP contribution in [0.5, 0.6) is 0 Å². The molecular formula is C15H11Cl2N3OS. The Bertz CT molecular complexity index is 912. The summed E-state index contributed by atoms with van der Waals surface area (Å²) in [6.07, 6.45) is 0. The average molecular weight is 352 g/mol. The molecule has 0 aliphatic carbocycles. The van der Waals surface area contributed by atoms with E-state index in [9.17, 15) is 4.79 Å². The third-order valence-corrected chi connectivity index (χ3v) is 4.53. The lowest BCUT2D eigenvalue weighted by molar-refractivity contribution is 0.727. The number of benzene rings is 2. The molecule has 1 heterocycles. The van der Waals surface area contributed by atoms with Crippen molar-refractivity contribution in [3.05, 3.63) is 79.4 Å². The van der Waals surface area contributed by atoms with Gasteiger partial charge in [-0.1, -0.05) is 53.5 Å². The molecule has 1 aromatic heterocycles. The molecule has 7 heteroatoms. The van der Waals surface area contributed by atoms with Crippen molar-refractivity contribution < 1.29 is 0 Å². The van der Waals surface area contributed by atoms with Crippen molar-refractivity contribution in [2.24, 2.45) is 4.99 Å². The number of nitrogens with zero attached hydrogens (tertiary/aromatic N) is 2. The van der Waals surface area contributed by atoms with Crippen molar-refractivity contribution in [3.63, 3.8) is 0 Å². The van der Waals surface area contributed by atoms with E-state index >= 15 is 0 Å². The van der Waals surface area contributed by atoms with E-state index in [-0.39, 0.29) is 5.69 Å². The predicted octanol–water partition coefficient (Wildman–Crippen LogP) is 3.83. The minimum absolute atomic E-state index is 0.187. The van der Waals surface area contributed by atoms with Crippen molar-refractivity contribution >= 4 is 40.4 Å². The molecule has 0 bridgehead atoms. The molecule has 2 aromatic carbocycles. The van der Waals surface area contributed by atoms with E-state index in [1.165, 1.54) is 11.5 Å². The number of rotatable bonds is 3. The van der Waals surface area contributed by atoms with E-state index in [0.29, 0.717) is 27.1 Å². The maximum atomic E-state index is 12.0. The van der Waals surface area contributed by atoms with Crippen LogP contribution in [0.3, 0.4) is 0 Å². The van der Waals surface area contributed by atoms with Crippen LogP contribution < -0.4 is 10.5 Å². The number of hydrogen-bond donors (Lipinski definition) is 1. The third-order valence-electron chi connectivity index (χ3n) is 3.02. The van der Waals surface area contributed by atoms with Crippen molar-refractivity contribution in [1.29, 1.82) is 0 Å². The molecule has 4 nitrogen and oxygen atoms in total. The van der Waals surface area contributed by atoms with Crippen LogP contribution in [0, 0.1) is 0 Å². The van der Waals surface area contributed by atoms with E-state index in [2.05, 4.69) is 9.37 Å². The van der Waals surface area contributed by atoms with Crippen LogP contribution in [0.15, 0.2) is 58.3 Å². The molecule has 3 aromatic rings. The lowest BCUT2D eigenvalue weighted by atomic mass is 10.2. The van der Waals surface area contributed by atoms with E-state index in [0.717, 1.165) is 5.56 Å². The first-order valence-corrected chi connectivity index (χ1v) is 8.03. The highest BCUT2D eigenvalue weighted by molar-refractivity contribution is 7.02. The molecule has 0 amide bonds. The average Bonchev–Trinajstić information content (AvgIpc) is 2.85. The zero-order valence-electron chi connectivity index (χ0n) is 11.3. The van der Waals surface area contributed by atoms with E-state index < -0.39 is 0 Å². The Morgan fingerprint density at radius 2 is 1.86 bits per heavy atom. The summed E-state index contributed by atoms with van der Waals surface area (Å²) in [5.41, 5.74) is 1.49. The van der Waals surface area contributed by atoms with Crippen LogP contribution in [0.4, 0.5) is 5.69 Å². The molecule has 0 aliphatic rings. The van der Waals surface area contributed by atoms with Gasteiger partial charge in [-0.3, -0.25) is 8.94 Å². The smallest absolute Gasteiger partial charge is 0.263 e. The SMILES string of the molecule is O=c1[nH]s/c(=N\c2ccc(Cl)c(Cl)c2)n1Cc1ccccc1. The second-order valence-electron chi connectivity index (χ2n) is 4.57. The summed E-state index contributed by atoms with van der Waals surface area (Å²) in [7, 11) is 0. The summed E-state index contributed by atoms with van der Waals surface area (Å²) in [5, 5.41) is 0.903. The summed E-state index contributed by atoms with van der Waals surface area (Å²) >= 11 is 13.1. The normalized spacial score (nSPS) is 11.8. The zero-order valence-corrected chi connectivity index (χ0v) is 13.6. The van der Waals surface area contributed by atoms with Crippen LogP contribution in [0.1, 0.15) is 5.56 Å². The second-order valence-corrected chi connectivity index (χ2v) is 6.16. The molecule has 0 fully saturated rings.